The molecule has 1 aliphatic rings. The van der Waals surface area contributed by atoms with Crippen LogP contribution in [0.1, 0.15) is 11.3 Å². The first-order valence-corrected chi connectivity index (χ1v) is 12.9. The van der Waals surface area contributed by atoms with Crippen LogP contribution in [0, 0.1) is 0 Å². The summed E-state index contributed by atoms with van der Waals surface area (Å²) < 4.78 is 4.70. The zero-order valence-corrected chi connectivity index (χ0v) is 20.6. The first-order chi connectivity index (χ1) is 18.9. The third kappa shape index (κ3) is 3.03. The summed E-state index contributed by atoms with van der Waals surface area (Å²) in [7, 11) is 0. The van der Waals surface area contributed by atoms with Gasteiger partial charge in [0.15, 0.2) is 0 Å². The van der Waals surface area contributed by atoms with E-state index in [-0.39, 0.29) is 0 Å². The van der Waals surface area contributed by atoms with Gasteiger partial charge in [0.25, 0.3) is 0 Å². The molecule has 0 spiro atoms. The Morgan fingerprint density at radius 1 is 0.421 bits per heavy atom. The minimum absolute atomic E-state index is 1.13. The summed E-state index contributed by atoms with van der Waals surface area (Å²) in [6.07, 6.45) is 4.07. The molecule has 0 saturated carbocycles. The number of hydrogen-bond donors (Lipinski definition) is 0. The molecule has 1 aliphatic carbocycles. The lowest BCUT2D eigenvalue weighted by atomic mass is 10.0. The first kappa shape index (κ1) is 20.9. The Balaban J connectivity index is 1.31. The number of fused-ring (bicyclic) bond motifs is 6. The molecular weight excluding hydrogens is 460 g/mol. The zero-order valence-electron chi connectivity index (χ0n) is 20.6. The van der Waals surface area contributed by atoms with E-state index in [4.69, 9.17) is 0 Å². The molecule has 0 radical (unpaired) electrons. The second-order valence-electron chi connectivity index (χ2n) is 9.70. The number of benzene rings is 5. The summed E-state index contributed by atoms with van der Waals surface area (Å²) in [6.45, 7) is 0. The second-order valence-corrected chi connectivity index (χ2v) is 9.70. The molecule has 5 aromatic carbocycles. The van der Waals surface area contributed by atoms with E-state index in [9.17, 15) is 0 Å². The van der Waals surface area contributed by atoms with Crippen molar-refractivity contribution in [3.05, 3.63) is 144 Å². The largest absolute Gasteiger partial charge is 0.309 e. The fraction of sp³-hybridized carbons (Fsp3) is 0. The number of hydrogen-bond acceptors (Lipinski definition) is 0. The van der Waals surface area contributed by atoms with Crippen LogP contribution >= 0.6 is 0 Å². The van der Waals surface area contributed by atoms with Gasteiger partial charge in [-0.25, -0.2) is 0 Å². The van der Waals surface area contributed by atoms with Crippen LogP contribution in [0.25, 0.3) is 67.4 Å². The average Bonchev–Trinajstić information content (AvgIpc) is 3.51. The van der Waals surface area contributed by atoms with Gasteiger partial charge in [0.1, 0.15) is 0 Å². The van der Waals surface area contributed by atoms with E-state index in [0.29, 0.717) is 0 Å². The van der Waals surface area contributed by atoms with E-state index in [2.05, 4.69) is 142 Å². The molecule has 0 bridgehead atoms. The summed E-state index contributed by atoms with van der Waals surface area (Å²) >= 11 is 0. The van der Waals surface area contributed by atoms with Crippen LogP contribution in [0.3, 0.4) is 0 Å². The van der Waals surface area contributed by atoms with Gasteiger partial charge in [-0.05, 0) is 59.7 Å². The summed E-state index contributed by atoms with van der Waals surface area (Å²) in [5.74, 6) is 0. The Bertz CT molecular complexity index is 2100. The fourth-order valence-corrected chi connectivity index (χ4v) is 5.93. The summed E-state index contributed by atoms with van der Waals surface area (Å²) in [4.78, 5) is 0. The summed E-state index contributed by atoms with van der Waals surface area (Å²) in [5.41, 5.74) is 16.9. The van der Waals surface area contributed by atoms with Crippen LogP contribution < -0.4 is 0 Å². The maximum atomic E-state index is 3.16. The molecule has 8 rings (SSSR count). The Hall–Kier alpha value is -5.26. The third-order valence-electron chi connectivity index (χ3n) is 7.58. The molecular formula is C36H22N2. The highest BCUT2D eigenvalue weighted by Gasteiger charge is 2.17. The lowest BCUT2D eigenvalue weighted by Gasteiger charge is -2.13. The van der Waals surface area contributed by atoms with Crippen LogP contribution in [0.5, 0.6) is 0 Å². The number of rotatable bonds is 3. The van der Waals surface area contributed by atoms with E-state index >= 15 is 0 Å². The van der Waals surface area contributed by atoms with Crippen molar-refractivity contribution in [2.24, 2.45) is 0 Å². The van der Waals surface area contributed by atoms with Gasteiger partial charge in [-0.2, -0.15) is 0 Å². The first-order valence-electron chi connectivity index (χ1n) is 12.9. The van der Waals surface area contributed by atoms with E-state index < -0.39 is 0 Å². The molecule has 0 amide bonds. The van der Waals surface area contributed by atoms with Gasteiger partial charge < -0.3 is 9.13 Å². The van der Waals surface area contributed by atoms with Crippen LogP contribution in [-0.4, -0.2) is 9.13 Å². The number of para-hydroxylation sites is 3. The molecule has 0 fully saturated rings. The molecule has 176 valence electrons. The predicted molar refractivity (Wildman–Crippen MR) is 159 cm³/mol. The Morgan fingerprint density at radius 2 is 0.921 bits per heavy atom. The lowest BCUT2D eigenvalue weighted by Crippen LogP contribution is -1.98. The molecule has 2 heteroatoms. The van der Waals surface area contributed by atoms with Gasteiger partial charge in [-0.15, -0.1) is 0 Å². The van der Waals surface area contributed by atoms with Crippen molar-refractivity contribution in [2.75, 3.05) is 0 Å². The molecule has 2 nitrogen and oxygen atoms in total. The van der Waals surface area contributed by atoms with Crippen molar-refractivity contribution in [3.8, 4) is 22.5 Å². The van der Waals surface area contributed by atoms with Crippen LogP contribution in [0.2, 0.25) is 0 Å². The fourth-order valence-electron chi connectivity index (χ4n) is 5.93. The van der Waals surface area contributed by atoms with E-state index in [0.717, 1.165) is 17.1 Å². The quantitative estimate of drug-likeness (QED) is 0.222. The van der Waals surface area contributed by atoms with Gasteiger partial charge in [-0.3, -0.25) is 0 Å². The van der Waals surface area contributed by atoms with Crippen molar-refractivity contribution < 1.29 is 0 Å². The van der Waals surface area contributed by atoms with Crippen LogP contribution in [0.4, 0.5) is 0 Å². The zero-order chi connectivity index (χ0) is 25.1. The highest BCUT2D eigenvalue weighted by molar-refractivity contribution is 6.09. The Kier molecular flexibility index (Phi) is 4.47. The van der Waals surface area contributed by atoms with E-state index in [1.54, 1.807) is 0 Å². The van der Waals surface area contributed by atoms with Crippen molar-refractivity contribution in [1.29, 1.82) is 0 Å². The van der Waals surface area contributed by atoms with Crippen LogP contribution in [0.15, 0.2) is 133 Å². The second kappa shape index (κ2) is 8.13. The van der Waals surface area contributed by atoms with Crippen molar-refractivity contribution in [2.45, 2.75) is 0 Å². The van der Waals surface area contributed by atoms with Gasteiger partial charge in [-0.1, -0.05) is 90.3 Å². The minimum Gasteiger partial charge on any atom is -0.309 e. The van der Waals surface area contributed by atoms with E-state index in [1.165, 1.54) is 49.4 Å². The van der Waals surface area contributed by atoms with Crippen molar-refractivity contribution in [1.82, 2.24) is 9.13 Å². The average molecular weight is 483 g/mol. The monoisotopic (exact) mass is 482 g/mol. The van der Waals surface area contributed by atoms with Gasteiger partial charge >= 0.3 is 0 Å². The normalized spacial score (nSPS) is 12.1. The molecule has 0 N–H and O–H groups in total. The third-order valence-corrected chi connectivity index (χ3v) is 7.58. The van der Waals surface area contributed by atoms with Crippen LogP contribution in [-0.2, 0) is 0 Å². The molecule has 2 aromatic heterocycles. The molecule has 2 heterocycles. The SMILES string of the molecule is C1=C=Cc2c(c3ccccc3n2-c2cccc(-c3cccc(-n4c5ccccc5c5ccccc54)c3)c2)C=1. The summed E-state index contributed by atoms with van der Waals surface area (Å²) in [6, 6.07) is 43.5. The maximum Gasteiger partial charge on any atom is 0.0631 e. The molecule has 7 aromatic rings. The topological polar surface area (TPSA) is 9.86 Å². The lowest BCUT2D eigenvalue weighted by molar-refractivity contribution is 1.10. The van der Waals surface area contributed by atoms with Crippen molar-refractivity contribution in [3.63, 3.8) is 0 Å². The number of aromatic nitrogens is 2. The standard InChI is InChI=1S/C36H22N2/c1-5-19-33-29(15-1)30-16-2-6-20-34(30)37(33)27-13-9-11-25(23-27)26-12-10-14-28(24-26)38-35-21-7-3-17-31(35)32-18-4-8-22-36(32)38/h1-3,5-7,9-24H. The predicted octanol–water partition coefficient (Wildman–Crippen LogP) is 9.19. The molecule has 0 saturated heterocycles. The number of nitrogens with zero attached hydrogens (tertiary/aromatic N) is 2. The van der Waals surface area contributed by atoms with Gasteiger partial charge in [0.2, 0.25) is 0 Å². The Morgan fingerprint density at radius 3 is 1.55 bits per heavy atom. The molecule has 0 atom stereocenters. The van der Waals surface area contributed by atoms with Gasteiger partial charge in [0.05, 0.1) is 22.2 Å². The highest BCUT2D eigenvalue weighted by Crippen LogP contribution is 2.35. The summed E-state index contributed by atoms with van der Waals surface area (Å²) in [5, 5.41) is 3.78. The van der Waals surface area contributed by atoms with Gasteiger partial charge in [0, 0.05) is 39.2 Å². The Labute approximate surface area is 220 Å². The molecule has 0 unspecified atom stereocenters. The van der Waals surface area contributed by atoms with E-state index in [1.807, 2.05) is 12.2 Å². The smallest absolute Gasteiger partial charge is 0.0631 e. The highest BCUT2D eigenvalue weighted by atomic mass is 15.0. The minimum atomic E-state index is 1.13. The molecule has 0 aliphatic heterocycles. The molecule has 38 heavy (non-hydrogen) atoms. The van der Waals surface area contributed by atoms with Crippen molar-refractivity contribution >= 4 is 44.9 Å². The maximum absolute atomic E-state index is 3.16.